The largest absolute Gasteiger partial charge is 0.242 e. The predicted molar refractivity (Wildman–Crippen MR) is 45.4 cm³/mol. The summed E-state index contributed by atoms with van der Waals surface area (Å²) in [5.41, 5.74) is 0. The van der Waals surface area contributed by atoms with Gasteiger partial charge in [0.1, 0.15) is 10.7 Å². The van der Waals surface area contributed by atoms with E-state index in [9.17, 15) is 21.6 Å². The Morgan fingerprint density at radius 1 is 1.21 bits per heavy atom. The van der Waals surface area contributed by atoms with Gasteiger partial charge in [-0.05, 0) is 15.9 Å². The van der Waals surface area contributed by atoms with Gasteiger partial charge in [0, 0.05) is 6.07 Å². The Morgan fingerprint density at radius 2 is 1.71 bits per heavy atom. The summed E-state index contributed by atoms with van der Waals surface area (Å²) >= 11 is 2.40. The molecule has 8 heteroatoms. The summed E-state index contributed by atoms with van der Waals surface area (Å²) in [7, 11) is -4.43. The fraction of sp³-hybridized carbons (Fsp3) is 0. The van der Waals surface area contributed by atoms with Gasteiger partial charge in [0.05, 0.1) is 4.47 Å². The van der Waals surface area contributed by atoms with Crippen molar-refractivity contribution in [1.82, 2.24) is 0 Å². The molecule has 0 atom stereocenters. The third-order valence-electron chi connectivity index (χ3n) is 1.36. The van der Waals surface area contributed by atoms with Crippen LogP contribution in [0.3, 0.4) is 0 Å². The standard InChI is InChI=1S/C6H3BrF3NO2S/c7-4-5(10)2(8)1-3(9)6(4)14(11,12)13/h1H,(H2,11,12,13). The average Bonchev–Trinajstić information content (AvgIpc) is 1.97. The first-order chi connectivity index (χ1) is 6.25. The van der Waals surface area contributed by atoms with Crippen LogP contribution in [0.1, 0.15) is 0 Å². The summed E-state index contributed by atoms with van der Waals surface area (Å²) in [6, 6.07) is 0.111. The Hall–Kier alpha value is -0.600. The van der Waals surface area contributed by atoms with Gasteiger partial charge in [-0.2, -0.15) is 0 Å². The van der Waals surface area contributed by atoms with E-state index in [4.69, 9.17) is 0 Å². The number of nitrogens with two attached hydrogens (primary N) is 1. The number of hydrogen-bond donors (Lipinski definition) is 1. The van der Waals surface area contributed by atoms with Gasteiger partial charge in [-0.1, -0.05) is 0 Å². The van der Waals surface area contributed by atoms with Crippen LogP contribution in [0, 0.1) is 17.5 Å². The molecule has 0 unspecified atom stereocenters. The minimum absolute atomic E-state index is 0.111. The highest BCUT2D eigenvalue weighted by Gasteiger charge is 2.24. The molecule has 0 saturated heterocycles. The van der Waals surface area contributed by atoms with Crippen LogP contribution in [0.4, 0.5) is 13.2 Å². The molecule has 1 rings (SSSR count). The zero-order chi connectivity index (χ0) is 11.1. The predicted octanol–water partition coefficient (Wildman–Crippen LogP) is 1.51. The molecule has 0 saturated carbocycles. The molecular formula is C6H3BrF3NO2S. The summed E-state index contributed by atoms with van der Waals surface area (Å²) in [6.45, 7) is 0. The smallest absolute Gasteiger partial charge is 0.224 e. The maximum absolute atomic E-state index is 12.9. The summed E-state index contributed by atoms with van der Waals surface area (Å²) in [5, 5.41) is 4.59. The van der Waals surface area contributed by atoms with Crippen molar-refractivity contribution in [3.05, 3.63) is 28.0 Å². The molecule has 0 amide bonds. The first-order valence-corrected chi connectivity index (χ1v) is 5.45. The number of hydrogen-bond acceptors (Lipinski definition) is 2. The van der Waals surface area contributed by atoms with Gasteiger partial charge in [-0.25, -0.2) is 26.7 Å². The molecule has 2 N–H and O–H groups in total. The van der Waals surface area contributed by atoms with Crippen LogP contribution < -0.4 is 5.14 Å². The van der Waals surface area contributed by atoms with Gasteiger partial charge in [-0.3, -0.25) is 0 Å². The number of halogens is 4. The highest BCUT2D eigenvalue weighted by Crippen LogP contribution is 2.28. The molecule has 0 radical (unpaired) electrons. The molecule has 14 heavy (non-hydrogen) atoms. The monoisotopic (exact) mass is 289 g/mol. The van der Waals surface area contributed by atoms with Gasteiger partial charge in [0.15, 0.2) is 11.6 Å². The van der Waals surface area contributed by atoms with E-state index in [0.29, 0.717) is 0 Å². The summed E-state index contributed by atoms with van der Waals surface area (Å²) in [5.74, 6) is -4.45. The molecule has 0 bridgehead atoms. The normalized spacial score (nSPS) is 11.8. The summed E-state index contributed by atoms with van der Waals surface area (Å²) in [4.78, 5) is -1.10. The van der Waals surface area contributed by atoms with Crippen LogP contribution in [-0.2, 0) is 10.0 Å². The molecule has 1 aromatic carbocycles. The Bertz CT molecular complexity index is 488. The number of primary sulfonamides is 1. The van der Waals surface area contributed by atoms with Gasteiger partial charge in [-0.15, -0.1) is 0 Å². The fourth-order valence-corrected chi connectivity index (χ4v) is 2.54. The van der Waals surface area contributed by atoms with E-state index in [1.165, 1.54) is 0 Å². The van der Waals surface area contributed by atoms with E-state index < -0.39 is 36.8 Å². The number of sulfonamides is 1. The van der Waals surface area contributed by atoms with E-state index in [0.717, 1.165) is 0 Å². The van der Waals surface area contributed by atoms with E-state index >= 15 is 0 Å². The lowest BCUT2D eigenvalue weighted by Crippen LogP contribution is -2.16. The lowest BCUT2D eigenvalue weighted by molar-refractivity contribution is 0.476. The fourth-order valence-electron chi connectivity index (χ4n) is 0.810. The van der Waals surface area contributed by atoms with Crippen LogP contribution in [-0.4, -0.2) is 8.42 Å². The van der Waals surface area contributed by atoms with Crippen molar-refractivity contribution in [2.45, 2.75) is 4.90 Å². The Balaban J connectivity index is 3.70. The second kappa shape index (κ2) is 3.52. The molecule has 3 nitrogen and oxygen atoms in total. The topological polar surface area (TPSA) is 60.2 Å². The molecule has 0 aromatic heterocycles. The van der Waals surface area contributed by atoms with Gasteiger partial charge in [0.25, 0.3) is 0 Å². The van der Waals surface area contributed by atoms with Crippen molar-refractivity contribution in [2.24, 2.45) is 5.14 Å². The molecular weight excluding hydrogens is 287 g/mol. The van der Waals surface area contributed by atoms with Crippen molar-refractivity contribution >= 4 is 26.0 Å². The van der Waals surface area contributed by atoms with Gasteiger partial charge >= 0.3 is 0 Å². The average molecular weight is 290 g/mol. The lowest BCUT2D eigenvalue weighted by atomic mass is 10.3. The lowest BCUT2D eigenvalue weighted by Gasteiger charge is -2.04. The zero-order valence-electron chi connectivity index (χ0n) is 6.39. The highest BCUT2D eigenvalue weighted by atomic mass is 79.9. The third kappa shape index (κ3) is 1.91. The molecule has 78 valence electrons. The maximum Gasteiger partial charge on any atom is 0.242 e. The molecule has 0 spiro atoms. The number of rotatable bonds is 1. The molecule has 0 heterocycles. The second-order valence-corrected chi connectivity index (χ2v) is 4.63. The first kappa shape index (κ1) is 11.5. The second-order valence-electron chi connectivity index (χ2n) is 2.34. The van der Waals surface area contributed by atoms with Crippen LogP contribution >= 0.6 is 15.9 Å². The molecule has 0 aliphatic carbocycles. The minimum Gasteiger partial charge on any atom is -0.224 e. The first-order valence-electron chi connectivity index (χ1n) is 3.11. The number of benzene rings is 1. The molecule has 1 aromatic rings. The molecule has 0 aliphatic heterocycles. The van der Waals surface area contributed by atoms with Crippen molar-refractivity contribution < 1.29 is 21.6 Å². The Kier molecular flexibility index (Phi) is 2.88. The van der Waals surface area contributed by atoms with E-state index in [1.54, 1.807) is 0 Å². The van der Waals surface area contributed by atoms with Crippen molar-refractivity contribution in [3.8, 4) is 0 Å². The van der Waals surface area contributed by atoms with Gasteiger partial charge in [0.2, 0.25) is 10.0 Å². The van der Waals surface area contributed by atoms with E-state index in [2.05, 4.69) is 21.1 Å². The molecule has 0 aliphatic rings. The van der Waals surface area contributed by atoms with E-state index in [1.807, 2.05) is 0 Å². The van der Waals surface area contributed by atoms with Gasteiger partial charge < -0.3 is 0 Å². The Morgan fingerprint density at radius 3 is 2.14 bits per heavy atom. The SMILES string of the molecule is NS(=O)(=O)c1c(F)cc(F)c(F)c1Br. The van der Waals surface area contributed by atoms with Crippen LogP contribution in [0.2, 0.25) is 0 Å². The quantitative estimate of drug-likeness (QED) is 0.629. The maximum atomic E-state index is 12.9. The zero-order valence-corrected chi connectivity index (χ0v) is 8.79. The minimum atomic E-state index is -4.43. The third-order valence-corrected chi connectivity index (χ3v) is 3.33. The molecule has 0 fully saturated rings. The van der Waals surface area contributed by atoms with Crippen LogP contribution in [0.5, 0.6) is 0 Å². The summed E-state index contributed by atoms with van der Waals surface area (Å²) < 4.78 is 58.9. The van der Waals surface area contributed by atoms with Crippen molar-refractivity contribution in [1.29, 1.82) is 0 Å². The van der Waals surface area contributed by atoms with Crippen molar-refractivity contribution in [2.75, 3.05) is 0 Å². The van der Waals surface area contributed by atoms with Crippen LogP contribution in [0.15, 0.2) is 15.4 Å². The van der Waals surface area contributed by atoms with E-state index in [-0.39, 0.29) is 6.07 Å². The van der Waals surface area contributed by atoms with Crippen molar-refractivity contribution in [3.63, 3.8) is 0 Å². The van der Waals surface area contributed by atoms with Crippen LogP contribution in [0.25, 0.3) is 0 Å². The highest BCUT2D eigenvalue weighted by molar-refractivity contribution is 9.10. The summed E-state index contributed by atoms with van der Waals surface area (Å²) in [6.07, 6.45) is 0. The Labute approximate surface area is 85.9 Å².